The third-order valence-corrected chi connectivity index (χ3v) is 10.0. The molecule has 2 fully saturated rings. The lowest BCUT2D eigenvalue weighted by atomic mass is 9.99. The van der Waals surface area contributed by atoms with Gasteiger partial charge in [0.2, 0.25) is 0 Å². The van der Waals surface area contributed by atoms with E-state index in [0.29, 0.717) is 19.1 Å². The Morgan fingerprint density at radius 1 is 1.02 bits per heavy atom. The molecule has 7 rings (SSSR count). The Kier molecular flexibility index (Phi) is 12.5. The number of para-hydroxylation sites is 1. The summed E-state index contributed by atoms with van der Waals surface area (Å²) in [5, 5.41) is 3.16. The molecular weight excluding hydrogens is 633 g/mol. The van der Waals surface area contributed by atoms with Gasteiger partial charge in [-0.25, -0.2) is 0 Å². The summed E-state index contributed by atoms with van der Waals surface area (Å²) in [6.07, 6.45) is 9.32. The number of thiazole rings is 1. The second kappa shape index (κ2) is 17.6. The van der Waals surface area contributed by atoms with E-state index in [4.69, 9.17) is 14.2 Å². The molecule has 0 radical (unpaired) electrons. The molecule has 0 atom stereocenters. The number of hydrogen-bond acceptors (Lipinski definition) is 8. The SMILES string of the molecule is C1CCOC1.CCOc1ccccc1-c1ccc2c(c1)C=C(C(=O)Nc1ccc(CN(C)C3CCOCC3)cc1)CCN2Cc1cncs1. The molecule has 0 bridgehead atoms. The number of carbonyl (C=O) groups excluding carboxylic acids is 1. The van der Waals surface area contributed by atoms with Crippen LogP contribution in [0.15, 0.2) is 84.0 Å². The summed E-state index contributed by atoms with van der Waals surface area (Å²) in [6.45, 7) is 8.64. The number of aromatic nitrogens is 1. The lowest BCUT2D eigenvalue weighted by molar-refractivity contribution is -0.112. The number of nitrogens with zero attached hydrogens (tertiary/aromatic N) is 3. The van der Waals surface area contributed by atoms with Gasteiger partial charge in [-0.1, -0.05) is 36.4 Å². The normalized spacial score (nSPS) is 16.3. The van der Waals surface area contributed by atoms with E-state index in [-0.39, 0.29) is 5.91 Å². The van der Waals surface area contributed by atoms with Crippen LogP contribution in [-0.2, 0) is 27.4 Å². The molecule has 1 aromatic heterocycles. The fraction of sp³-hybridized carbons (Fsp3) is 0.400. The Balaban J connectivity index is 0.000000765. The first-order valence-electron chi connectivity index (χ1n) is 17.5. The Hall–Kier alpha value is -4.02. The van der Waals surface area contributed by atoms with Crippen LogP contribution in [0.2, 0.25) is 0 Å². The standard InChI is InChI=1S/C36H40N4O3S.C4H8O/c1-3-43-35-7-5-4-6-33(35)27-10-13-34-29(20-27)21-28(14-17-40(34)24-32-22-37-25-44-32)36(41)38-30-11-8-26(9-12-30)23-39(2)31-15-18-42-19-16-31;1-2-4-5-3-1/h4-13,20-22,25,31H,3,14-19,23-24H2,1-2H3,(H,38,41);1-4H2. The lowest BCUT2D eigenvalue weighted by Crippen LogP contribution is -2.36. The Morgan fingerprint density at radius 3 is 2.51 bits per heavy atom. The van der Waals surface area contributed by atoms with E-state index >= 15 is 0 Å². The number of fused-ring (bicyclic) bond motifs is 1. The predicted octanol–water partition coefficient (Wildman–Crippen LogP) is 8.05. The molecule has 258 valence electrons. The number of anilines is 2. The van der Waals surface area contributed by atoms with E-state index in [1.165, 1.54) is 23.3 Å². The average molecular weight is 681 g/mol. The molecule has 49 heavy (non-hydrogen) atoms. The zero-order chi connectivity index (χ0) is 33.8. The predicted molar refractivity (Wildman–Crippen MR) is 199 cm³/mol. The van der Waals surface area contributed by atoms with Crippen molar-refractivity contribution in [3.05, 3.63) is 100 Å². The van der Waals surface area contributed by atoms with E-state index in [0.717, 1.165) is 98.3 Å². The Bertz CT molecular complexity index is 1660. The van der Waals surface area contributed by atoms with E-state index in [1.807, 2.05) is 49.0 Å². The van der Waals surface area contributed by atoms with E-state index in [1.54, 1.807) is 11.3 Å². The average Bonchev–Trinajstić information content (AvgIpc) is 3.87. The van der Waals surface area contributed by atoms with Crippen LogP contribution in [0, 0.1) is 0 Å². The maximum atomic E-state index is 13.7. The van der Waals surface area contributed by atoms with Gasteiger partial charge in [-0.3, -0.25) is 14.7 Å². The zero-order valence-corrected chi connectivity index (χ0v) is 29.6. The minimum atomic E-state index is -0.0669. The van der Waals surface area contributed by atoms with Gasteiger partial charge in [-0.05, 0) is 99.2 Å². The van der Waals surface area contributed by atoms with Crippen LogP contribution in [0.25, 0.3) is 17.2 Å². The van der Waals surface area contributed by atoms with Crippen LogP contribution in [0.5, 0.6) is 5.75 Å². The first kappa shape index (κ1) is 34.8. The number of hydrogen-bond donors (Lipinski definition) is 1. The fourth-order valence-corrected chi connectivity index (χ4v) is 7.17. The minimum absolute atomic E-state index is 0.0669. The maximum absolute atomic E-state index is 13.7. The molecule has 0 unspecified atom stereocenters. The van der Waals surface area contributed by atoms with E-state index in [9.17, 15) is 4.79 Å². The Labute approximate surface area is 294 Å². The van der Waals surface area contributed by atoms with Gasteiger partial charge in [0.05, 0.1) is 18.7 Å². The van der Waals surface area contributed by atoms with Crippen LogP contribution in [0.3, 0.4) is 0 Å². The molecule has 9 heteroatoms. The van der Waals surface area contributed by atoms with Crippen LogP contribution < -0.4 is 15.0 Å². The van der Waals surface area contributed by atoms with Gasteiger partial charge >= 0.3 is 0 Å². The summed E-state index contributed by atoms with van der Waals surface area (Å²) in [4.78, 5) is 23.9. The summed E-state index contributed by atoms with van der Waals surface area (Å²) in [6, 6.07) is 23.4. The summed E-state index contributed by atoms with van der Waals surface area (Å²) in [7, 11) is 2.18. The number of nitrogens with one attached hydrogen (secondary N) is 1. The molecule has 0 saturated carbocycles. The highest BCUT2D eigenvalue weighted by molar-refractivity contribution is 7.09. The van der Waals surface area contributed by atoms with E-state index < -0.39 is 0 Å². The quantitative estimate of drug-likeness (QED) is 0.182. The van der Waals surface area contributed by atoms with Crippen molar-refractivity contribution in [1.29, 1.82) is 0 Å². The van der Waals surface area contributed by atoms with Crippen LogP contribution in [-0.4, -0.2) is 68.5 Å². The number of benzene rings is 3. The number of ether oxygens (including phenoxy) is 3. The molecule has 4 heterocycles. The molecule has 8 nitrogen and oxygen atoms in total. The molecular formula is C40H48N4O4S. The molecule has 3 aliphatic rings. The van der Waals surface area contributed by atoms with Crippen LogP contribution in [0.4, 0.5) is 11.4 Å². The molecule has 1 amide bonds. The number of rotatable bonds is 10. The molecule has 0 spiro atoms. The minimum Gasteiger partial charge on any atom is -0.493 e. The fourth-order valence-electron chi connectivity index (χ4n) is 6.56. The maximum Gasteiger partial charge on any atom is 0.251 e. The molecule has 3 aromatic carbocycles. The second-order valence-corrected chi connectivity index (χ2v) is 13.7. The van der Waals surface area contributed by atoms with E-state index in [2.05, 4.69) is 69.6 Å². The van der Waals surface area contributed by atoms with Crippen molar-refractivity contribution in [3.8, 4) is 16.9 Å². The summed E-state index contributed by atoms with van der Waals surface area (Å²) >= 11 is 1.65. The second-order valence-electron chi connectivity index (χ2n) is 12.7. The summed E-state index contributed by atoms with van der Waals surface area (Å²) in [5.74, 6) is 0.789. The van der Waals surface area contributed by atoms with Crippen molar-refractivity contribution in [1.82, 2.24) is 9.88 Å². The topological polar surface area (TPSA) is 76.2 Å². The lowest BCUT2D eigenvalue weighted by Gasteiger charge is -2.31. The van der Waals surface area contributed by atoms with Gasteiger partial charge < -0.3 is 24.4 Å². The van der Waals surface area contributed by atoms with Gasteiger partial charge in [-0.2, -0.15) is 0 Å². The third kappa shape index (κ3) is 9.57. The summed E-state index contributed by atoms with van der Waals surface area (Å²) < 4.78 is 16.4. The van der Waals surface area contributed by atoms with Gasteiger partial charge in [0.25, 0.3) is 5.91 Å². The monoisotopic (exact) mass is 680 g/mol. The number of amides is 1. The van der Waals surface area contributed by atoms with Gasteiger partial charge in [0.15, 0.2) is 0 Å². The smallest absolute Gasteiger partial charge is 0.251 e. The highest BCUT2D eigenvalue weighted by Gasteiger charge is 2.22. The van der Waals surface area contributed by atoms with Crippen molar-refractivity contribution < 1.29 is 19.0 Å². The molecule has 0 aliphatic carbocycles. The van der Waals surface area contributed by atoms with Gasteiger partial charge in [0.1, 0.15) is 5.75 Å². The third-order valence-electron chi connectivity index (χ3n) is 9.25. The van der Waals surface area contributed by atoms with Gasteiger partial charge in [-0.15, -0.1) is 11.3 Å². The highest BCUT2D eigenvalue weighted by atomic mass is 32.1. The van der Waals surface area contributed by atoms with Crippen LogP contribution in [0.1, 0.15) is 55.0 Å². The summed E-state index contributed by atoms with van der Waals surface area (Å²) in [5.41, 5.74) is 8.90. The van der Waals surface area contributed by atoms with Crippen molar-refractivity contribution >= 4 is 34.7 Å². The molecule has 3 aliphatic heterocycles. The van der Waals surface area contributed by atoms with Gasteiger partial charge in [0, 0.05) is 79.1 Å². The van der Waals surface area contributed by atoms with Crippen molar-refractivity contribution in [2.24, 2.45) is 0 Å². The molecule has 2 saturated heterocycles. The largest absolute Gasteiger partial charge is 0.493 e. The van der Waals surface area contributed by atoms with Crippen molar-refractivity contribution in [2.45, 2.75) is 58.2 Å². The zero-order valence-electron chi connectivity index (χ0n) is 28.7. The molecule has 4 aromatic rings. The van der Waals surface area contributed by atoms with Crippen molar-refractivity contribution in [3.63, 3.8) is 0 Å². The van der Waals surface area contributed by atoms with Crippen molar-refractivity contribution in [2.75, 3.05) is 56.8 Å². The first-order chi connectivity index (χ1) is 24.1. The molecule has 1 N–H and O–H groups in total. The number of carbonyl (C=O) groups is 1. The van der Waals surface area contributed by atoms with Crippen LogP contribution >= 0.6 is 11.3 Å². The Morgan fingerprint density at radius 2 is 1.80 bits per heavy atom. The highest BCUT2D eigenvalue weighted by Crippen LogP contribution is 2.37. The first-order valence-corrected chi connectivity index (χ1v) is 18.4.